The topological polar surface area (TPSA) is 54.0 Å². The molecule has 1 heterocycles. The number of halogens is 3. The molecule has 0 N–H and O–H groups in total. The van der Waals surface area contributed by atoms with Crippen molar-refractivity contribution in [1.82, 2.24) is 0 Å². The molecular weight excluding hydrogens is 337 g/mol. The van der Waals surface area contributed by atoms with Crippen molar-refractivity contribution < 1.29 is 13.6 Å². The first-order chi connectivity index (χ1) is 9.02. The largest absolute Gasteiger partial charge is 0.446 e. The molecule has 1 unspecified atom stereocenters. The Labute approximate surface area is 121 Å². The van der Waals surface area contributed by atoms with Gasteiger partial charge in [-0.1, -0.05) is 17.7 Å². The molecule has 1 aromatic heterocycles. The minimum Gasteiger partial charge on any atom is -0.446 e. The van der Waals surface area contributed by atoms with Crippen LogP contribution in [-0.2, 0) is 0 Å². The predicted molar refractivity (Wildman–Crippen MR) is 70.5 cm³/mol. The van der Waals surface area contributed by atoms with E-state index in [1.165, 1.54) is 12.1 Å². The lowest BCUT2D eigenvalue weighted by atomic mass is 9.95. The van der Waals surface area contributed by atoms with E-state index in [1.54, 1.807) is 6.07 Å². The maximum absolute atomic E-state index is 13.0. The van der Waals surface area contributed by atoms with Crippen molar-refractivity contribution in [3.8, 4) is 6.07 Å². The van der Waals surface area contributed by atoms with Crippen molar-refractivity contribution in [2.75, 3.05) is 0 Å². The summed E-state index contributed by atoms with van der Waals surface area (Å²) in [6.07, 6.45) is 0. The number of benzene rings is 1. The zero-order valence-corrected chi connectivity index (χ0v) is 11.7. The van der Waals surface area contributed by atoms with Gasteiger partial charge in [-0.15, -0.1) is 0 Å². The highest BCUT2D eigenvalue weighted by atomic mass is 79.9. The van der Waals surface area contributed by atoms with E-state index in [0.717, 1.165) is 12.1 Å². The Hall–Kier alpha value is -1.64. The van der Waals surface area contributed by atoms with E-state index in [9.17, 15) is 9.18 Å². The third-order valence-electron chi connectivity index (χ3n) is 2.48. The summed E-state index contributed by atoms with van der Waals surface area (Å²) in [7, 11) is 0. The molecule has 2 rings (SSSR count). The number of rotatable bonds is 3. The molecule has 0 saturated heterocycles. The Kier molecular flexibility index (Phi) is 4.03. The third-order valence-corrected chi connectivity index (χ3v) is 3.23. The van der Waals surface area contributed by atoms with Gasteiger partial charge in [0.2, 0.25) is 5.78 Å². The number of ketones is 1. The molecule has 0 aliphatic carbocycles. The molecule has 19 heavy (non-hydrogen) atoms. The number of nitriles is 1. The fraction of sp³-hybridized carbons (Fsp3) is 0.0769. The summed E-state index contributed by atoms with van der Waals surface area (Å²) in [5.74, 6) is -2.15. The maximum atomic E-state index is 13.0. The van der Waals surface area contributed by atoms with Crippen LogP contribution in [-0.4, -0.2) is 5.78 Å². The van der Waals surface area contributed by atoms with Crippen LogP contribution >= 0.6 is 27.5 Å². The van der Waals surface area contributed by atoms with Gasteiger partial charge in [0.15, 0.2) is 10.4 Å². The molecule has 0 aliphatic heterocycles. The van der Waals surface area contributed by atoms with Gasteiger partial charge < -0.3 is 4.42 Å². The average Bonchev–Trinajstić information content (AvgIpc) is 2.79. The van der Waals surface area contributed by atoms with Crippen molar-refractivity contribution in [3.63, 3.8) is 0 Å². The van der Waals surface area contributed by atoms with E-state index in [-0.39, 0.29) is 16.3 Å². The van der Waals surface area contributed by atoms with E-state index in [0.29, 0.717) is 4.67 Å². The molecule has 1 atom stereocenters. The lowest BCUT2D eigenvalue weighted by molar-refractivity contribution is 0.0950. The van der Waals surface area contributed by atoms with Gasteiger partial charge in [-0.2, -0.15) is 5.26 Å². The highest BCUT2D eigenvalue weighted by Gasteiger charge is 2.26. The summed E-state index contributed by atoms with van der Waals surface area (Å²) < 4.78 is 18.5. The highest BCUT2D eigenvalue weighted by molar-refractivity contribution is 9.10. The molecule has 0 bridgehead atoms. The summed E-state index contributed by atoms with van der Waals surface area (Å²) in [4.78, 5) is 12.1. The van der Waals surface area contributed by atoms with Gasteiger partial charge in [-0.05, 0) is 45.8 Å². The second-order valence-corrected chi connectivity index (χ2v) is 4.88. The van der Waals surface area contributed by atoms with Gasteiger partial charge in [-0.3, -0.25) is 4.79 Å². The van der Waals surface area contributed by atoms with Crippen molar-refractivity contribution in [1.29, 1.82) is 5.26 Å². The Morgan fingerprint density at radius 1 is 1.42 bits per heavy atom. The van der Waals surface area contributed by atoms with Crippen LogP contribution in [0, 0.1) is 17.1 Å². The summed E-state index contributed by atoms with van der Waals surface area (Å²) in [5.41, 5.74) is 0.253. The molecule has 0 aliphatic rings. The molecule has 0 spiro atoms. The van der Waals surface area contributed by atoms with Gasteiger partial charge in [0, 0.05) is 5.02 Å². The van der Waals surface area contributed by atoms with Gasteiger partial charge in [-0.25, -0.2) is 4.39 Å². The van der Waals surface area contributed by atoms with Gasteiger partial charge in [0.1, 0.15) is 11.7 Å². The number of furan rings is 1. The standard InChI is InChI=1S/C13H6BrClFNO2/c14-12-4-3-11(19-12)13(18)9(6-17)8-2-1-7(16)5-10(8)15/h1-5,9H. The van der Waals surface area contributed by atoms with Crippen LogP contribution in [0.2, 0.25) is 5.02 Å². The zero-order valence-electron chi connectivity index (χ0n) is 9.36. The van der Waals surface area contributed by atoms with E-state index >= 15 is 0 Å². The number of Topliss-reactive ketones (excluding diaryl/α,β-unsaturated/α-hetero) is 1. The van der Waals surface area contributed by atoms with Crippen molar-refractivity contribution in [2.24, 2.45) is 0 Å². The number of carbonyl (C=O) groups excluding carboxylic acids is 1. The number of nitrogens with zero attached hydrogens (tertiary/aromatic N) is 1. The first-order valence-electron chi connectivity index (χ1n) is 5.17. The molecule has 6 heteroatoms. The van der Waals surface area contributed by atoms with Crippen LogP contribution in [0.1, 0.15) is 22.0 Å². The molecule has 0 radical (unpaired) electrons. The summed E-state index contributed by atoms with van der Waals surface area (Å²) in [6, 6.07) is 8.39. The van der Waals surface area contributed by atoms with Crippen LogP contribution in [0.25, 0.3) is 0 Å². The fourth-order valence-corrected chi connectivity index (χ4v) is 2.18. The lowest BCUT2D eigenvalue weighted by Gasteiger charge is -2.08. The number of hydrogen-bond donors (Lipinski definition) is 0. The van der Waals surface area contributed by atoms with Crippen molar-refractivity contribution in [2.45, 2.75) is 5.92 Å². The normalized spacial score (nSPS) is 11.9. The summed E-state index contributed by atoms with van der Waals surface area (Å²) in [5, 5.41) is 9.17. The van der Waals surface area contributed by atoms with Crippen LogP contribution in [0.3, 0.4) is 0 Å². The predicted octanol–water partition coefficient (Wildman–Crippen LogP) is 4.32. The second-order valence-electron chi connectivity index (χ2n) is 3.70. The van der Waals surface area contributed by atoms with E-state index < -0.39 is 17.5 Å². The van der Waals surface area contributed by atoms with Crippen molar-refractivity contribution >= 4 is 33.3 Å². The second kappa shape index (κ2) is 5.55. The Bertz CT molecular complexity index is 678. The Balaban J connectivity index is 2.40. The first-order valence-corrected chi connectivity index (χ1v) is 6.34. The minimum absolute atomic E-state index is 0.0329. The average molecular weight is 343 g/mol. The number of hydrogen-bond acceptors (Lipinski definition) is 3. The smallest absolute Gasteiger partial charge is 0.219 e. The minimum atomic E-state index is -1.13. The Morgan fingerprint density at radius 2 is 2.16 bits per heavy atom. The molecule has 2 aromatic rings. The molecule has 3 nitrogen and oxygen atoms in total. The van der Waals surface area contributed by atoms with Crippen LogP contribution in [0.15, 0.2) is 39.4 Å². The van der Waals surface area contributed by atoms with E-state index in [1.807, 2.05) is 6.07 Å². The molecular formula is C13H6BrClFNO2. The molecule has 0 fully saturated rings. The summed E-state index contributed by atoms with van der Waals surface area (Å²) >= 11 is 8.93. The fourth-order valence-electron chi connectivity index (χ4n) is 1.59. The third kappa shape index (κ3) is 2.86. The van der Waals surface area contributed by atoms with Crippen molar-refractivity contribution in [3.05, 3.63) is 57.2 Å². The SMILES string of the molecule is N#CC(C(=O)c1ccc(Br)o1)c1ccc(F)cc1Cl. The van der Waals surface area contributed by atoms with E-state index in [2.05, 4.69) is 15.9 Å². The highest BCUT2D eigenvalue weighted by Crippen LogP contribution is 2.29. The van der Waals surface area contributed by atoms with Gasteiger partial charge in [0.25, 0.3) is 0 Å². The molecule has 0 saturated carbocycles. The molecule has 0 amide bonds. The Morgan fingerprint density at radius 3 is 2.68 bits per heavy atom. The quantitative estimate of drug-likeness (QED) is 0.780. The zero-order chi connectivity index (χ0) is 14.0. The van der Waals surface area contributed by atoms with Gasteiger partial charge >= 0.3 is 0 Å². The lowest BCUT2D eigenvalue weighted by Crippen LogP contribution is -2.11. The van der Waals surface area contributed by atoms with Crippen LogP contribution in [0.5, 0.6) is 0 Å². The number of carbonyl (C=O) groups is 1. The van der Waals surface area contributed by atoms with E-state index in [4.69, 9.17) is 21.3 Å². The summed E-state index contributed by atoms with van der Waals surface area (Å²) in [6.45, 7) is 0. The monoisotopic (exact) mass is 341 g/mol. The van der Waals surface area contributed by atoms with Crippen LogP contribution < -0.4 is 0 Å². The molecule has 96 valence electrons. The first kappa shape index (κ1) is 13.8. The molecule has 1 aromatic carbocycles. The van der Waals surface area contributed by atoms with Crippen LogP contribution in [0.4, 0.5) is 4.39 Å². The maximum Gasteiger partial charge on any atom is 0.219 e. The van der Waals surface area contributed by atoms with Gasteiger partial charge in [0.05, 0.1) is 6.07 Å².